The lowest BCUT2D eigenvalue weighted by Crippen LogP contribution is -2.50. The highest BCUT2D eigenvalue weighted by Crippen LogP contribution is 2.22. The second kappa shape index (κ2) is 6.20. The molecule has 2 saturated heterocycles. The van der Waals surface area contributed by atoms with Crippen molar-refractivity contribution in [2.75, 3.05) is 32.8 Å². The number of fused-ring (bicyclic) bond motifs is 1. The Hall–Kier alpha value is -0.650. The third kappa shape index (κ3) is 3.91. The Morgan fingerprint density at radius 1 is 1.32 bits per heavy atom. The van der Waals surface area contributed by atoms with Crippen LogP contribution in [-0.4, -0.2) is 61.8 Å². The third-order valence-electron chi connectivity index (χ3n) is 4.35. The summed E-state index contributed by atoms with van der Waals surface area (Å²) >= 11 is 0. The molecule has 108 valence electrons. The van der Waals surface area contributed by atoms with E-state index in [1.807, 2.05) is 0 Å². The Bertz CT molecular complexity index is 320. The first-order valence-electron chi connectivity index (χ1n) is 7.67. The number of nitrogens with zero attached hydrogens (tertiary/aromatic N) is 1. The molecular formula is C14H25N3O2. The topological polar surface area (TPSA) is 53.6 Å². The largest absolute Gasteiger partial charge is 0.373 e. The zero-order valence-electron chi connectivity index (χ0n) is 11.6. The zero-order chi connectivity index (χ0) is 13.1. The average molecular weight is 267 g/mol. The maximum Gasteiger partial charge on any atom is 0.221 e. The van der Waals surface area contributed by atoms with Crippen LogP contribution in [0, 0.1) is 0 Å². The molecule has 1 saturated carbocycles. The van der Waals surface area contributed by atoms with Gasteiger partial charge in [-0.15, -0.1) is 0 Å². The van der Waals surface area contributed by atoms with Gasteiger partial charge in [0.15, 0.2) is 0 Å². The summed E-state index contributed by atoms with van der Waals surface area (Å²) < 4.78 is 5.82. The lowest BCUT2D eigenvalue weighted by atomic mass is 10.2. The van der Waals surface area contributed by atoms with Gasteiger partial charge in [0.2, 0.25) is 5.91 Å². The van der Waals surface area contributed by atoms with Crippen LogP contribution in [0.4, 0.5) is 0 Å². The molecule has 1 amide bonds. The van der Waals surface area contributed by atoms with E-state index in [0.29, 0.717) is 25.0 Å². The minimum Gasteiger partial charge on any atom is -0.373 e. The Morgan fingerprint density at radius 2 is 2.21 bits per heavy atom. The number of ether oxygens (including phenoxy) is 1. The summed E-state index contributed by atoms with van der Waals surface area (Å²) in [4.78, 5) is 14.2. The molecule has 2 heterocycles. The fourth-order valence-corrected chi connectivity index (χ4v) is 3.00. The molecule has 2 unspecified atom stereocenters. The van der Waals surface area contributed by atoms with Gasteiger partial charge in [0, 0.05) is 38.1 Å². The van der Waals surface area contributed by atoms with Gasteiger partial charge in [-0.2, -0.15) is 0 Å². The van der Waals surface area contributed by atoms with Gasteiger partial charge in [0.25, 0.3) is 0 Å². The highest BCUT2D eigenvalue weighted by molar-refractivity contribution is 5.76. The summed E-state index contributed by atoms with van der Waals surface area (Å²) in [7, 11) is 0. The van der Waals surface area contributed by atoms with E-state index in [9.17, 15) is 4.79 Å². The predicted octanol–water partition coefficient (Wildman–Crippen LogP) is 0.108. The minimum atomic E-state index is 0.139. The summed E-state index contributed by atoms with van der Waals surface area (Å²) in [6, 6.07) is 1.32. The van der Waals surface area contributed by atoms with Crippen LogP contribution in [0.5, 0.6) is 0 Å². The molecule has 5 heteroatoms. The molecule has 0 spiro atoms. The highest BCUT2D eigenvalue weighted by Gasteiger charge is 2.32. The smallest absolute Gasteiger partial charge is 0.221 e. The van der Waals surface area contributed by atoms with Crippen molar-refractivity contribution >= 4 is 5.91 Å². The summed E-state index contributed by atoms with van der Waals surface area (Å²) in [5, 5.41) is 6.35. The first-order chi connectivity index (χ1) is 9.31. The van der Waals surface area contributed by atoms with Crippen LogP contribution in [0.1, 0.15) is 32.1 Å². The van der Waals surface area contributed by atoms with Gasteiger partial charge in [-0.05, 0) is 32.2 Å². The maximum absolute atomic E-state index is 11.7. The van der Waals surface area contributed by atoms with E-state index in [1.54, 1.807) is 0 Å². The van der Waals surface area contributed by atoms with Gasteiger partial charge in [0.05, 0.1) is 12.7 Å². The fourth-order valence-electron chi connectivity index (χ4n) is 3.00. The second-order valence-electron chi connectivity index (χ2n) is 6.03. The number of rotatable bonds is 6. The number of hydrogen-bond donors (Lipinski definition) is 2. The van der Waals surface area contributed by atoms with Gasteiger partial charge >= 0.3 is 0 Å². The quantitative estimate of drug-likeness (QED) is 0.717. The van der Waals surface area contributed by atoms with E-state index in [2.05, 4.69) is 15.5 Å². The Labute approximate surface area is 115 Å². The molecule has 19 heavy (non-hydrogen) atoms. The molecule has 2 N–H and O–H groups in total. The lowest BCUT2D eigenvalue weighted by Gasteiger charge is -2.35. The molecule has 0 aromatic heterocycles. The van der Waals surface area contributed by atoms with E-state index in [4.69, 9.17) is 4.74 Å². The van der Waals surface area contributed by atoms with Crippen LogP contribution in [0.2, 0.25) is 0 Å². The summed E-state index contributed by atoms with van der Waals surface area (Å²) in [6.45, 7) is 4.47. The Morgan fingerprint density at radius 3 is 3.05 bits per heavy atom. The number of nitrogens with one attached hydrogen (secondary N) is 2. The minimum absolute atomic E-state index is 0.139. The number of hydrogen-bond acceptors (Lipinski definition) is 4. The zero-order valence-corrected chi connectivity index (χ0v) is 11.6. The van der Waals surface area contributed by atoms with E-state index in [-0.39, 0.29) is 12.0 Å². The normalized spacial score (nSPS) is 31.2. The van der Waals surface area contributed by atoms with Crippen LogP contribution in [-0.2, 0) is 9.53 Å². The molecule has 0 aromatic carbocycles. The maximum atomic E-state index is 11.7. The van der Waals surface area contributed by atoms with Gasteiger partial charge in [0.1, 0.15) is 0 Å². The van der Waals surface area contributed by atoms with Crippen molar-refractivity contribution in [1.82, 2.24) is 15.5 Å². The molecule has 3 aliphatic rings. The molecule has 5 nitrogen and oxygen atoms in total. The molecule has 0 radical (unpaired) electrons. The van der Waals surface area contributed by atoms with Crippen molar-refractivity contribution in [3.63, 3.8) is 0 Å². The first-order valence-corrected chi connectivity index (χ1v) is 7.67. The number of carbonyl (C=O) groups is 1. The second-order valence-corrected chi connectivity index (χ2v) is 6.03. The monoisotopic (exact) mass is 267 g/mol. The summed E-state index contributed by atoms with van der Waals surface area (Å²) in [5.41, 5.74) is 0. The molecule has 0 aromatic rings. The van der Waals surface area contributed by atoms with E-state index in [1.165, 1.54) is 32.2 Å². The summed E-state index contributed by atoms with van der Waals surface area (Å²) in [5.74, 6) is 0.139. The van der Waals surface area contributed by atoms with Gasteiger partial charge in [-0.3, -0.25) is 9.69 Å². The Balaban J connectivity index is 1.29. The van der Waals surface area contributed by atoms with Gasteiger partial charge < -0.3 is 15.4 Å². The highest BCUT2D eigenvalue weighted by atomic mass is 16.5. The standard InChI is InChI=1S/C14H25N3O2/c18-14(5-6-15-11-3-4-11)16-8-13-9-17-7-1-2-12(17)10-19-13/h11-13,15H,1-10H2,(H,16,18). The molecule has 3 rings (SSSR count). The van der Waals surface area contributed by atoms with Crippen LogP contribution in [0.25, 0.3) is 0 Å². The molecule has 1 aliphatic carbocycles. The fraction of sp³-hybridized carbons (Fsp3) is 0.929. The number of amides is 1. The van der Waals surface area contributed by atoms with Crippen LogP contribution in [0.15, 0.2) is 0 Å². The van der Waals surface area contributed by atoms with E-state index in [0.717, 1.165) is 19.7 Å². The Kier molecular flexibility index (Phi) is 4.35. The van der Waals surface area contributed by atoms with Crippen molar-refractivity contribution in [3.05, 3.63) is 0 Å². The van der Waals surface area contributed by atoms with Crippen molar-refractivity contribution in [1.29, 1.82) is 0 Å². The van der Waals surface area contributed by atoms with Crippen LogP contribution < -0.4 is 10.6 Å². The van der Waals surface area contributed by atoms with Gasteiger partial charge in [-0.25, -0.2) is 0 Å². The van der Waals surface area contributed by atoms with E-state index < -0.39 is 0 Å². The number of carbonyl (C=O) groups excluding carboxylic acids is 1. The molecule has 2 aliphatic heterocycles. The van der Waals surface area contributed by atoms with Crippen LogP contribution in [0.3, 0.4) is 0 Å². The molecule has 0 bridgehead atoms. The molecular weight excluding hydrogens is 242 g/mol. The molecule has 3 fully saturated rings. The predicted molar refractivity (Wildman–Crippen MR) is 73.0 cm³/mol. The number of morpholine rings is 1. The van der Waals surface area contributed by atoms with Crippen molar-refractivity contribution in [3.8, 4) is 0 Å². The van der Waals surface area contributed by atoms with E-state index >= 15 is 0 Å². The van der Waals surface area contributed by atoms with Crippen molar-refractivity contribution in [2.24, 2.45) is 0 Å². The SMILES string of the molecule is O=C(CCNC1CC1)NCC1CN2CCCC2CO1. The third-order valence-corrected chi connectivity index (χ3v) is 4.35. The van der Waals surface area contributed by atoms with Crippen LogP contribution >= 0.6 is 0 Å². The first kappa shape index (κ1) is 13.3. The summed E-state index contributed by atoms with van der Waals surface area (Å²) in [6.07, 6.45) is 5.86. The lowest BCUT2D eigenvalue weighted by molar-refractivity contribution is -0.122. The average Bonchev–Trinajstić information content (AvgIpc) is 3.12. The van der Waals surface area contributed by atoms with Crippen molar-refractivity contribution < 1.29 is 9.53 Å². The van der Waals surface area contributed by atoms with Crippen molar-refractivity contribution in [2.45, 2.75) is 50.3 Å². The van der Waals surface area contributed by atoms with Gasteiger partial charge in [-0.1, -0.05) is 0 Å². The molecule has 2 atom stereocenters.